The molecular formula is C15H20O3S. The smallest absolute Gasteiger partial charge is 0.336 e. The summed E-state index contributed by atoms with van der Waals surface area (Å²) in [6, 6.07) is 8.80. The van der Waals surface area contributed by atoms with E-state index in [1.54, 1.807) is 12.1 Å². The third-order valence-electron chi connectivity index (χ3n) is 3.37. The lowest BCUT2D eigenvalue weighted by Gasteiger charge is -2.43. The van der Waals surface area contributed by atoms with Crippen LogP contribution in [-0.2, 0) is 0 Å². The number of hydrogen-bond donors (Lipinski definition) is 0. The fourth-order valence-electron chi connectivity index (χ4n) is 1.46. The Bertz CT molecular complexity index is 650. The van der Waals surface area contributed by atoms with Gasteiger partial charge in [-0.3, -0.25) is 0 Å². The Kier molecular flexibility index (Phi) is 3.39. The molecule has 0 saturated heterocycles. The van der Waals surface area contributed by atoms with E-state index in [4.69, 9.17) is 8.60 Å². The Labute approximate surface area is 115 Å². The molecule has 0 saturated carbocycles. The van der Waals surface area contributed by atoms with E-state index in [1.807, 2.05) is 12.1 Å². The Morgan fingerprint density at radius 1 is 1.11 bits per heavy atom. The van der Waals surface area contributed by atoms with Crippen molar-refractivity contribution < 1.29 is 8.60 Å². The molecule has 0 aliphatic carbocycles. The molecule has 0 radical (unpaired) electrons. The minimum atomic E-state index is -1.25. The maximum absolute atomic E-state index is 11.2. The van der Waals surface area contributed by atoms with Gasteiger partial charge in [0.25, 0.3) is 0 Å². The molecule has 2 aromatic rings. The van der Waals surface area contributed by atoms with Crippen LogP contribution < -0.4 is 9.81 Å². The van der Waals surface area contributed by atoms with Crippen molar-refractivity contribution in [2.24, 2.45) is 0 Å². The first-order valence-electron chi connectivity index (χ1n) is 6.15. The van der Waals surface area contributed by atoms with Gasteiger partial charge >= 0.3 is 5.63 Å². The fourth-order valence-corrected chi connectivity index (χ4v) is 2.29. The predicted molar refractivity (Wildman–Crippen MR) is 82.3 cm³/mol. The van der Waals surface area contributed by atoms with Gasteiger partial charge in [0.05, 0.1) is 0 Å². The van der Waals surface area contributed by atoms with E-state index < -0.39 is 10.3 Å². The lowest BCUT2D eigenvalue weighted by Crippen LogP contribution is -2.27. The summed E-state index contributed by atoms with van der Waals surface area (Å²) in [6.07, 6.45) is 4.27. The van der Waals surface area contributed by atoms with Crippen molar-refractivity contribution in [2.75, 3.05) is 12.5 Å². The monoisotopic (exact) mass is 280 g/mol. The van der Waals surface area contributed by atoms with Crippen LogP contribution in [0.5, 0.6) is 5.75 Å². The lowest BCUT2D eigenvalue weighted by atomic mass is 10.2. The van der Waals surface area contributed by atoms with E-state index in [-0.39, 0.29) is 10.4 Å². The molecule has 0 amide bonds. The molecule has 3 nitrogen and oxygen atoms in total. The number of rotatable bonds is 2. The van der Waals surface area contributed by atoms with Crippen molar-refractivity contribution in [3.63, 3.8) is 0 Å². The van der Waals surface area contributed by atoms with Crippen LogP contribution in [0.4, 0.5) is 0 Å². The molecule has 0 unspecified atom stereocenters. The van der Waals surface area contributed by atoms with Gasteiger partial charge in [0.1, 0.15) is 11.3 Å². The molecule has 2 rings (SSSR count). The van der Waals surface area contributed by atoms with Crippen molar-refractivity contribution in [3.05, 3.63) is 40.8 Å². The molecule has 1 aromatic carbocycles. The molecule has 0 aliphatic heterocycles. The van der Waals surface area contributed by atoms with Gasteiger partial charge in [0.2, 0.25) is 0 Å². The molecule has 0 fully saturated rings. The van der Waals surface area contributed by atoms with Crippen LogP contribution in [0, 0.1) is 0 Å². The highest BCUT2D eigenvalue weighted by atomic mass is 32.3. The molecular weight excluding hydrogens is 260 g/mol. The second-order valence-electron chi connectivity index (χ2n) is 5.88. The topological polar surface area (TPSA) is 39.4 Å². The minimum absolute atomic E-state index is 0.0828. The zero-order valence-corrected chi connectivity index (χ0v) is 12.8. The molecule has 4 heteroatoms. The van der Waals surface area contributed by atoms with Gasteiger partial charge in [-0.25, -0.2) is 4.79 Å². The molecule has 0 atom stereocenters. The summed E-state index contributed by atoms with van der Waals surface area (Å²) in [5.41, 5.74) is 0.223. The van der Waals surface area contributed by atoms with E-state index >= 15 is 0 Å². The number of benzene rings is 1. The first kappa shape index (κ1) is 14.0. The summed E-state index contributed by atoms with van der Waals surface area (Å²) in [7, 11) is -1.25. The van der Waals surface area contributed by atoms with Crippen molar-refractivity contribution in [2.45, 2.75) is 25.5 Å². The van der Waals surface area contributed by atoms with E-state index in [1.165, 1.54) is 6.07 Å². The van der Waals surface area contributed by atoms with E-state index in [0.29, 0.717) is 5.58 Å². The zero-order chi connectivity index (χ0) is 14.3. The largest absolute Gasteiger partial charge is 0.449 e. The number of hydrogen-bond acceptors (Lipinski definition) is 3. The third-order valence-corrected chi connectivity index (χ3v) is 6.93. The van der Waals surface area contributed by atoms with Gasteiger partial charge in [0, 0.05) is 22.3 Å². The van der Waals surface area contributed by atoms with Crippen LogP contribution in [0.1, 0.15) is 20.8 Å². The first-order valence-corrected chi connectivity index (χ1v) is 8.53. The van der Waals surface area contributed by atoms with Crippen LogP contribution in [0.15, 0.2) is 39.5 Å². The molecule has 104 valence electrons. The quantitative estimate of drug-likeness (QED) is 0.782. The van der Waals surface area contributed by atoms with Crippen LogP contribution >= 0.6 is 10.3 Å². The van der Waals surface area contributed by atoms with E-state index in [9.17, 15) is 4.79 Å². The fraction of sp³-hybridized carbons (Fsp3) is 0.400. The Morgan fingerprint density at radius 2 is 1.74 bits per heavy atom. The van der Waals surface area contributed by atoms with Gasteiger partial charge in [-0.05, 0) is 51.5 Å². The second-order valence-corrected chi connectivity index (χ2v) is 9.74. The second kappa shape index (κ2) is 4.60. The van der Waals surface area contributed by atoms with E-state index in [2.05, 4.69) is 33.3 Å². The Morgan fingerprint density at radius 3 is 2.37 bits per heavy atom. The summed E-state index contributed by atoms with van der Waals surface area (Å²) in [5, 5.41) is 0.899. The van der Waals surface area contributed by atoms with Gasteiger partial charge in [-0.2, -0.15) is 0 Å². The predicted octanol–water partition coefficient (Wildman–Crippen LogP) is 3.95. The Balaban J connectivity index is 2.39. The van der Waals surface area contributed by atoms with E-state index in [0.717, 1.165) is 11.1 Å². The molecule has 0 aliphatic rings. The lowest BCUT2D eigenvalue weighted by molar-refractivity contribution is 0.553. The molecule has 1 heterocycles. The molecule has 0 bridgehead atoms. The van der Waals surface area contributed by atoms with Crippen LogP contribution in [-0.4, -0.2) is 17.3 Å². The van der Waals surface area contributed by atoms with Crippen LogP contribution in [0.3, 0.4) is 0 Å². The molecule has 0 N–H and O–H groups in total. The number of fused-ring (bicyclic) bond motifs is 1. The summed E-state index contributed by atoms with van der Waals surface area (Å²) < 4.78 is 11.4. The highest BCUT2D eigenvalue weighted by molar-refractivity contribution is 8.30. The van der Waals surface area contributed by atoms with Gasteiger partial charge in [-0.15, -0.1) is 0 Å². The zero-order valence-electron chi connectivity index (χ0n) is 12.0. The highest BCUT2D eigenvalue weighted by Crippen LogP contribution is 2.53. The average molecular weight is 280 g/mol. The minimum Gasteiger partial charge on any atom is -0.449 e. The summed E-state index contributed by atoms with van der Waals surface area (Å²) in [6.45, 7) is 6.51. The van der Waals surface area contributed by atoms with Crippen molar-refractivity contribution in [3.8, 4) is 5.75 Å². The SMILES string of the molecule is CC(C)(C)S(C)(C)Oc1ccc2ccc(=O)oc2c1. The first-order chi connectivity index (χ1) is 8.69. The molecule has 1 aromatic heterocycles. The summed E-state index contributed by atoms with van der Waals surface area (Å²) >= 11 is 0. The Hall–Kier alpha value is -1.42. The molecule has 19 heavy (non-hydrogen) atoms. The third kappa shape index (κ3) is 2.95. The van der Waals surface area contributed by atoms with Gasteiger partial charge < -0.3 is 8.60 Å². The van der Waals surface area contributed by atoms with Crippen molar-refractivity contribution >= 4 is 21.3 Å². The maximum Gasteiger partial charge on any atom is 0.336 e. The molecule has 0 spiro atoms. The standard InChI is InChI=1S/C15H20O3S/c1-15(2,3)19(4,5)18-12-8-6-11-7-9-14(16)17-13(11)10-12/h6-10H,1-5H3. The van der Waals surface area contributed by atoms with Crippen molar-refractivity contribution in [1.29, 1.82) is 0 Å². The normalized spacial score (nSPS) is 13.5. The van der Waals surface area contributed by atoms with Crippen LogP contribution in [0.25, 0.3) is 11.0 Å². The summed E-state index contributed by atoms with van der Waals surface area (Å²) in [5.74, 6) is 0.747. The van der Waals surface area contributed by atoms with Gasteiger partial charge in [0.15, 0.2) is 0 Å². The summed E-state index contributed by atoms with van der Waals surface area (Å²) in [4.78, 5) is 11.2. The van der Waals surface area contributed by atoms with Crippen molar-refractivity contribution in [1.82, 2.24) is 0 Å². The van der Waals surface area contributed by atoms with Crippen LogP contribution in [0.2, 0.25) is 0 Å². The maximum atomic E-state index is 11.2. The van der Waals surface area contributed by atoms with Gasteiger partial charge in [-0.1, -0.05) is 10.3 Å². The average Bonchev–Trinajstić information content (AvgIpc) is 2.26. The highest BCUT2D eigenvalue weighted by Gasteiger charge is 2.30.